The molecule has 0 fully saturated rings. The van der Waals surface area contributed by atoms with Gasteiger partial charge in [0, 0.05) is 5.47 Å². The molecule has 0 atom stereocenters. The number of rotatable bonds is 1. The predicted molar refractivity (Wildman–Crippen MR) is 38.2 cm³/mol. The lowest BCUT2D eigenvalue weighted by Crippen LogP contribution is -2.18. The summed E-state index contributed by atoms with van der Waals surface area (Å²) in [5.74, 6) is -0.0127. The van der Waals surface area contributed by atoms with Crippen LogP contribution in [0.15, 0.2) is 23.4 Å². The van der Waals surface area contributed by atoms with Gasteiger partial charge in [0.1, 0.15) is 5.76 Å². The quantitative estimate of drug-likeness (QED) is 0.454. The van der Waals surface area contributed by atoms with Crippen molar-refractivity contribution < 1.29 is 15.2 Å². The number of hydrogen-bond donors (Lipinski definition) is 3. The monoisotopic (exact) mass is 140 g/mol. The summed E-state index contributed by atoms with van der Waals surface area (Å²) in [5.41, 5.74) is 0.214. The van der Waals surface area contributed by atoms with Gasteiger partial charge in [-0.15, -0.1) is 0 Å². The molecule has 10 heavy (non-hydrogen) atoms. The molecule has 0 saturated carbocycles. The lowest BCUT2D eigenvalue weighted by molar-refractivity contribution is 0.389. The van der Waals surface area contributed by atoms with E-state index in [-0.39, 0.29) is 11.2 Å². The molecule has 0 aromatic heterocycles. The molecule has 0 aromatic rings. The van der Waals surface area contributed by atoms with Gasteiger partial charge in [0.05, 0.1) is 0 Å². The summed E-state index contributed by atoms with van der Waals surface area (Å²) in [7, 11) is -1.54. The fourth-order valence-electron chi connectivity index (χ4n) is 0.919. The predicted octanol–water partition coefficient (Wildman–Crippen LogP) is 0.161. The lowest BCUT2D eigenvalue weighted by Gasteiger charge is -2.08. The van der Waals surface area contributed by atoms with Gasteiger partial charge in [-0.3, -0.25) is 0 Å². The molecule has 0 heterocycles. The van der Waals surface area contributed by atoms with Crippen LogP contribution >= 0.6 is 0 Å². The largest absolute Gasteiger partial charge is 0.509 e. The van der Waals surface area contributed by atoms with Crippen LogP contribution in [0.1, 0.15) is 12.8 Å². The van der Waals surface area contributed by atoms with Gasteiger partial charge in [-0.05, 0) is 18.9 Å². The van der Waals surface area contributed by atoms with E-state index in [1.165, 1.54) is 0 Å². The van der Waals surface area contributed by atoms with Gasteiger partial charge in [-0.1, -0.05) is 6.08 Å². The highest BCUT2D eigenvalue weighted by Gasteiger charge is 2.19. The van der Waals surface area contributed by atoms with E-state index in [0.29, 0.717) is 0 Å². The third-order valence-electron chi connectivity index (χ3n) is 1.44. The first kappa shape index (κ1) is 7.37. The Morgan fingerprint density at radius 1 is 1.20 bits per heavy atom. The molecule has 1 rings (SSSR count). The van der Waals surface area contributed by atoms with Crippen LogP contribution in [0.5, 0.6) is 0 Å². The van der Waals surface area contributed by atoms with Crippen molar-refractivity contribution in [2.45, 2.75) is 12.8 Å². The maximum absolute atomic E-state index is 9.01. The standard InChI is InChI=1S/C6H9BO3/c8-6-4-2-1-3-5(6)7(9)10/h3-4,8-10H,1-2H2. The maximum atomic E-state index is 9.01. The van der Waals surface area contributed by atoms with E-state index in [0.717, 1.165) is 12.8 Å². The van der Waals surface area contributed by atoms with Crippen LogP contribution in [-0.4, -0.2) is 22.3 Å². The average molecular weight is 140 g/mol. The lowest BCUT2D eigenvalue weighted by atomic mass is 9.75. The molecule has 3 nitrogen and oxygen atoms in total. The molecule has 3 N–H and O–H groups in total. The minimum atomic E-state index is -1.54. The van der Waals surface area contributed by atoms with Crippen molar-refractivity contribution in [3.8, 4) is 0 Å². The minimum Gasteiger partial charge on any atom is -0.509 e. The van der Waals surface area contributed by atoms with Gasteiger partial charge in [0.2, 0.25) is 0 Å². The molecule has 0 saturated heterocycles. The third-order valence-corrected chi connectivity index (χ3v) is 1.44. The zero-order valence-corrected chi connectivity index (χ0v) is 5.49. The molecular weight excluding hydrogens is 131 g/mol. The van der Waals surface area contributed by atoms with Crippen molar-refractivity contribution >= 4 is 7.12 Å². The molecule has 0 aliphatic heterocycles. The Labute approximate surface area is 59.5 Å². The third kappa shape index (κ3) is 1.40. The molecule has 54 valence electrons. The first-order valence-electron chi connectivity index (χ1n) is 3.17. The van der Waals surface area contributed by atoms with Crippen molar-refractivity contribution in [1.29, 1.82) is 0 Å². The highest BCUT2D eigenvalue weighted by Crippen LogP contribution is 2.16. The van der Waals surface area contributed by atoms with Gasteiger partial charge in [-0.25, -0.2) is 0 Å². The fourth-order valence-corrected chi connectivity index (χ4v) is 0.919. The zero-order chi connectivity index (χ0) is 7.56. The Hall–Kier alpha value is -0.735. The van der Waals surface area contributed by atoms with E-state index >= 15 is 0 Å². The second kappa shape index (κ2) is 2.90. The van der Waals surface area contributed by atoms with E-state index in [4.69, 9.17) is 15.2 Å². The van der Waals surface area contributed by atoms with Gasteiger partial charge in [0.25, 0.3) is 0 Å². The molecule has 1 aliphatic rings. The molecule has 0 unspecified atom stereocenters. The molecule has 0 aromatic carbocycles. The zero-order valence-electron chi connectivity index (χ0n) is 5.49. The summed E-state index contributed by atoms with van der Waals surface area (Å²) in [6.45, 7) is 0. The molecular formula is C6H9BO3. The Bertz CT molecular complexity index is 183. The van der Waals surface area contributed by atoms with Crippen molar-refractivity contribution in [2.24, 2.45) is 0 Å². The van der Waals surface area contributed by atoms with E-state index in [9.17, 15) is 0 Å². The van der Waals surface area contributed by atoms with Crippen LogP contribution in [0.3, 0.4) is 0 Å². The van der Waals surface area contributed by atoms with Crippen LogP contribution in [-0.2, 0) is 0 Å². The van der Waals surface area contributed by atoms with Crippen molar-refractivity contribution in [1.82, 2.24) is 0 Å². The van der Waals surface area contributed by atoms with Gasteiger partial charge >= 0.3 is 7.12 Å². The molecule has 0 amide bonds. The molecule has 0 spiro atoms. The van der Waals surface area contributed by atoms with Gasteiger partial charge < -0.3 is 15.2 Å². The average Bonchev–Trinajstić information content (AvgIpc) is 1.88. The second-order valence-corrected chi connectivity index (χ2v) is 2.20. The SMILES string of the molecule is OB(O)C1=CCCC=C1O. The topological polar surface area (TPSA) is 60.7 Å². The van der Waals surface area contributed by atoms with E-state index < -0.39 is 7.12 Å². The highest BCUT2D eigenvalue weighted by molar-refractivity contribution is 6.52. The maximum Gasteiger partial charge on any atom is 0.491 e. The van der Waals surface area contributed by atoms with E-state index in [1.54, 1.807) is 12.2 Å². The van der Waals surface area contributed by atoms with E-state index in [1.807, 2.05) is 0 Å². The number of allylic oxidation sites excluding steroid dienone is 3. The minimum absolute atomic E-state index is 0.0127. The summed E-state index contributed by atoms with van der Waals surface area (Å²) in [6.07, 6.45) is 4.73. The van der Waals surface area contributed by atoms with Crippen LogP contribution in [0, 0.1) is 0 Å². The second-order valence-electron chi connectivity index (χ2n) is 2.20. The Balaban J connectivity index is 2.74. The summed E-state index contributed by atoms with van der Waals surface area (Å²) >= 11 is 0. The number of aliphatic hydroxyl groups is 1. The Kier molecular flexibility index (Phi) is 2.14. The Morgan fingerprint density at radius 3 is 2.20 bits per heavy atom. The Morgan fingerprint density at radius 2 is 1.80 bits per heavy atom. The molecule has 4 heteroatoms. The normalized spacial score (nSPS) is 17.8. The highest BCUT2D eigenvalue weighted by atomic mass is 16.4. The fraction of sp³-hybridized carbons (Fsp3) is 0.333. The van der Waals surface area contributed by atoms with Crippen LogP contribution < -0.4 is 0 Å². The number of hydrogen-bond acceptors (Lipinski definition) is 3. The number of aliphatic hydroxyl groups excluding tert-OH is 1. The summed E-state index contributed by atoms with van der Waals surface area (Å²) in [5, 5.41) is 26.3. The van der Waals surface area contributed by atoms with Crippen molar-refractivity contribution in [2.75, 3.05) is 0 Å². The molecule has 0 radical (unpaired) electrons. The van der Waals surface area contributed by atoms with Crippen LogP contribution in [0.4, 0.5) is 0 Å². The molecule has 0 bridgehead atoms. The van der Waals surface area contributed by atoms with Gasteiger partial charge in [0.15, 0.2) is 0 Å². The summed E-state index contributed by atoms with van der Waals surface area (Å²) in [6, 6.07) is 0. The first-order valence-corrected chi connectivity index (χ1v) is 3.17. The van der Waals surface area contributed by atoms with Gasteiger partial charge in [-0.2, -0.15) is 0 Å². The first-order chi connectivity index (χ1) is 4.72. The molecule has 1 aliphatic carbocycles. The smallest absolute Gasteiger partial charge is 0.491 e. The van der Waals surface area contributed by atoms with Crippen molar-refractivity contribution in [3.05, 3.63) is 23.4 Å². The van der Waals surface area contributed by atoms with Crippen LogP contribution in [0.2, 0.25) is 0 Å². The van der Waals surface area contributed by atoms with Crippen molar-refractivity contribution in [3.63, 3.8) is 0 Å². The summed E-state index contributed by atoms with van der Waals surface area (Å²) < 4.78 is 0. The van der Waals surface area contributed by atoms with E-state index in [2.05, 4.69) is 0 Å². The van der Waals surface area contributed by atoms with Crippen LogP contribution in [0.25, 0.3) is 0 Å². The summed E-state index contributed by atoms with van der Waals surface area (Å²) in [4.78, 5) is 0.